The first-order valence-electron chi connectivity index (χ1n) is 5.25. The molecule has 2 bridgehead atoms. The lowest BCUT2D eigenvalue weighted by Gasteiger charge is -2.28. The Morgan fingerprint density at radius 1 is 1.41 bits per heavy atom. The molecule has 8 heteroatoms. The fourth-order valence-electron chi connectivity index (χ4n) is 2.63. The molecule has 0 atom stereocenters. The lowest BCUT2D eigenvalue weighted by atomic mass is 9.97. The number of alkyl halides is 2. The molecule has 2 aliphatic rings. The van der Waals surface area contributed by atoms with Crippen LogP contribution in [0.15, 0.2) is 0 Å². The van der Waals surface area contributed by atoms with E-state index >= 15 is 0 Å². The summed E-state index contributed by atoms with van der Waals surface area (Å²) in [5.74, 6) is -1.16. The lowest BCUT2D eigenvalue weighted by molar-refractivity contribution is -0.433. The van der Waals surface area contributed by atoms with Crippen molar-refractivity contribution in [1.29, 1.82) is 0 Å². The highest BCUT2D eigenvalue weighted by Crippen LogP contribution is 2.51. The van der Waals surface area contributed by atoms with Gasteiger partial charge in [0.1, 0.15) is 17.6 Å². The minimum Gasteiger partial charge on any atom is -0.454 e. The Bertz CT molecular complexity index is 304. The Labute approximate surface area is 100 Å². The van der Waals surface area contributed by atoms with Crippen LogP contribution in [0.2, 0.25) is 0 Å². The highest BCUT2D eigenvalue weighted by molar-refractivity contribution is 7.96. The molecule has 0 radical (unpaired) electrons. The van der Waals surface area contributed by atoms with Crippen molar-refractivity contribution in [3.63, 3.8) is 0 Å². The van der Waals surface area contributed by atoms with Crippen molar-refractivity contribution in [2.45, 2.75) is 43.0 Å². The van der Waals surface area contributed by atoms with Gasteiger partial charge in [-0.25, -0.2) is 10.1 Å². The molecule has 17 heavy (non-hydrogen) atoms. The normalized spacial score (nSPS) is 31.8. The van der Waals surface area contributed by atoms with E-state index in [4.69, 9.17) is 9.99 Å². The lowest BCUT2D eigenvalue weighted by Crippen LogP contribution is -2.37. The van der Waals surface area contributed by atoms with E-state index in [-0.39, 0.29) is 0 Å². The summed E-state index contributed by atoms with van der Waals surface area (Å²) in [6.07, 6.45) is 3.78. The van der Waals surface area contributed by atoms with Crippen molar-refractivity contribution >= 4 is 18.0 Å². The van der Waals surface area contributed by atoms with Crippen LogP contribution in [0, 0.1) is 5.92 Å². The molecule has 98 valence electrons. The van der Waals surface area contributed by atoms with Gasteiger partial charge in [0.05, 0.1) is 0 Å². The maximum atomic E-state index is 13.1. The number of carbonyl (C=O) groups is 1. The third-order valence-electron chi connectivity index (χ3n) is 3.39. The second-order valence-electron chi connectivity index (χ2n) is 4.46. The smallest absolute Gasteiger partial charge is 0.415 e. The van der Waals surface area contributed by atoms with Crippen LogP contribution in [0.25, 0.3) is 0 Å². The Kier molecular flexibility index (Phi) is 3.58. The van der Waals surface area contributed by atoms with Gasteiger partial charge in [0.25, 0.3) is 0 Å². The SMILES string of the molecule is O=C(OC12CCC(CC1)C2)C(F)(F)SOOO. The molecule has 2 fully saturated rings. The molecule has 2 rings (SSSR count). The van der Waals surface area contributed by atoms with E-state index in [1.807, 2.05) is 0 Å². The zero-order valence-corrected chi connectivity index (χ0v) is 9.67. The topological polar surface area (TPSA) is 65.0 Å². The molecule has 0 saturated heterocycles. The van der Waals surface area contributed by atoms with Crippen LogP contribution in [0.1, 0.15) is 32.1 Å². The van der Waals surface area contributed by atoms with E-state index in [0.29, 0.717) is 25.2 Å². The number of halogens is 2. The Morgan fingerprint density at radius 3 is 2.53 bits per heavy atom. The Hall–Kier alpha value is -0.440. The predicted molar refractivity (Wildman–Crippen MR) is 52.7 cm³/mol. The summed E-state index contributed by atoms with van der Waals surface area (Å²) in [5.41, 5.74) is -0.716. The van der Waals surface area contributed by atoms with E-state index < -0.39 is 28.9 Å². The summed E-state index contributed by atoms with van der Waals surface area (Å²) in [6.45, 7) is 0. The predicted octanol–water partition coefficient (Wildman–Crippen LogP) is 2.52. The zero-order valence-electron chi connectivity index (χ0n) is 8.86. The fraction of sp³-hybridized carbons (Fsp3) is 0.889. The number of ether oxygens (including phenoxy) is 1. The van der Waals surface area contributed by atoms with Gasteiger partial charge in [-0.2, -0.15) is 8.78 Å². The molecular formula is C9H12F2O5S. The van der Waals surface area contributed by atoms with Crippen molar-refractivity contribution in [2.75, 3.05) is 0 Å². The van der Waals surface area contributed by atoms with Crippen molar-refractivity contribution < 1.29 is 32.9 Å². The molecule has 0 unspecified atom stereocenters. The number of carbonyl (C=O) groups excluding carboxylic acids is 1. The van der Waals surface area contributed by atoms with Crippen LogP contribution in [0.5, 0.6) is 0 Å². The minimum atomic E-state index is -3.89. The van der Waals surface area contributed by atoms with E-state index in [9.17, 15) is 13.6 Å². The van der Waals surface area contributed by atoms with E-state index in [2.05, 4.69) is 9.37 Å². The number of hydrogen-bond acceptors (Lipinski definition) is 6. The molecule has 5 nitrogen and oxygen atoms in total. The molecule has 1 N–H and O–H groups in total. The number of hydrogen-bond donors (Lipinski definition) is 1. The van der Waals surface area contributed by atoms with Crippen molar-refractivity contribution in [3.05, 3.63) is 0 Å². The largest absolute Gasteiger partial charge is 0.454 e. The zero-order chi connectivity index (χ0) is 12.5. The van der Waals surface area contributed by atoms with Gasteiger partial charge >= 0.3 is 11.2 Å². The van der Waals surface area contributed by atoms with Gasteiger partial charge in [-0.15, -0.1) is 4.33 Å². The molecule has 2 saturated carbocycles. The molecule has 0 spiro atoms. The van der Waals surface area contributed by atoms with Gasteiger partial charge in [-0.3, -0.25) is 0 Å². The van der Waals surface area contributed by atoms with Crippen molar-refractivity contribution in [3.8, 4) is 0 Å². The van der Waals surface area contributed by atoms with Crippen LogP contribution in [0.4, 0.5) is 8.78 Å². The average molecular weight is 270 g/mol. The van der Waals surface area contributed by atoms with E-state index in [1.165, 1.54) is 0 Å². The van der Waals surface area contributed by atoms with Gasteiger partial charge in [0.15, 0.2) is 0 Å². The standard InChI is InChI=1S/C9H12F2O5S/c10-9(11,17-16-15-13)7(12)14-8-3-1-6(5-8)2-4-8/h6,13H,1-5H2. The highest BCUT2D eigenvalue weighted by Gasteiger charge is 2.53. The van der Waals surface area contributed by atoms with Gasteiger partial charge in [0.2, 0.25) is 0 Å². The summed E-state index contributed by atoms with van der Waals surface area (Å²) in [4.78, 5) is 11.3. The molecule has 2 aliphatic carbocycles. The monoisotopic (exact) mass is 270 g/mol. The van der Waals surface area contributed by atoms with Gasteiger partial charge in [-0.05, 0) is 38.0 Å². The van der Waals surface area contributed by atoms with Crippen LogP contribution >= 0.6 is 12.0 Å². The third-order valence-corrected chi connectivity index (χ3v) is 3.90. The summed E-state index contributed by atoms with van der Waals surface area (Å²) in [7, 11) is 0. The van der Waals surface area contributed by atoms with E-state index in [0.717, 1.165) is 12.8 Å². The first-order valence-corrected chi connectivity index (χ1v) is 5.99. The summed E-state index contributed by atoms with van der Waals surface area (Å²) >= 11 is -0.587. The second kappa shape index (κ2) is 4.68. The Balaban J connectivity index is 1.92. The second-order valence-corrected chi connectivity index (χ2v) is 5.28. The van der Waals surface area contributed by atoms with E-state index in [1.54, 1.807) is 0 Å². The summed E-state index contributed by atoms with van der Waals surface area (Å²) in [5, 5.41) is 6.91. The number of rotatable bonds is 5. The van der Waals surface area contributed by atoms with Crippen LogP contribution in [-0.2, 0) is 18.9 Å². The van der Waals surface area contributed by atoms with Crippen molar-refractivity contribution in [2.24, 2.45) is 5.92 Å². The molecule has 0 aromatic heterocycles. The van der Waals surface area contributed by atoms with Crippen LogP contribution < -0.4 is 0 Å². The van der Waals surface area contributed by atoms with Crippen LogP contribution in [0.3, 0.4) is 0 Å². The summed E-state index contributed by atoms with van der Waals surface area (Å²) in [6, 6.07) is 0. The van der Waals surface area contributed by atoms with Crippen molar-refractivity contribution in [1.82, 2.24) is 0 Å². The fourth-order valence-corrected chi connectivity index (χ4v) is 2.86. The maximum Gasteiger partial charge on any atom is 0.415 e. The van der Waals surface area contributed by atoms with Gasteiger partial charge in [-0.1, -0.05) is 5.04 Å². The molecule has 0 aromatic carbocycles. The highest BCUT2D eigenvalue weighted by atomic mass is 32.2. The molecule has 0 aliphatic heterocycles. The first kappa shape index (κ1) is 13.0. The molecule has 0 amide bonds. The molecular weight excluding hydrogens is 258 g/mol. The quantitative estimate of drug-likeness (QED) is 0.358. The first-order chi connectivity index (χ1) is 7.97. The maximum absolute atomic E-state index is 13.1. The number of fused-ring (bicyclic) bond motifs is 2. The minimum absolute atomic E-state index is 0.487. The average Bonchev–Trinajstić information content (AvgIpc) is 2.86. The third kappa shape index (κ3) is 2.70. The van der Waals surface area contributed by atoms with Crippen LogP contribution in [-0.4, -0.2) is 22.1 Å². The molecule has 0 heterocycles. The van der Waals surface area contributed by atoms with Gasteiger partial charge in [0, 0.05) is 0 Å². The van der Waals surface area contributed by atoms with Gasteiger partial charge < -0.3 is 4.74 Å². The molecule has 0 aromatic rings. The summed E-state index contributed by atoms with van der Waals surface area (Å²) < 4.78 is 34.8. The number of esters is 1. The Morgan fingerprint density at radius 2 is 2.06 bits per heavy atom.